The van der Waals surface area contributed by atoms with Gasteiger partial charge in [0.15, 0.2) is 0 Å². The molecule has 0 bridgehead atoms. The molecular weight excluding hydrogens is 244 g/mol. The second-order valence-electron chi connectivity index (χ2n) is 3.92. The first-order valence-electron chi connectivity index (χ1n) is 5.92. The molecule has 0 unspecified atom stereocenters. The lowest BCUT2D eigenvalue weighted by Gasteiger charge is -2.06. The van der Waals surface area contributed by atoms with Crippen molar-refractivity contribution in [2.45, 2.75) is 6.42 Å². The van der Waals surface area contributed by atoms with Crippen LogP contribution >= 0.6 is 11.3 Å². The van der Waals surface area contributed by atoms with Gasteiger partial charge in [-0.1, -0.05) is 24.3 Å². The van der Waals surface area contributed by atoms with Gasteiger partial charge in [0, 0.05) is 17.1 Å². The third kappa shape index (κ3) is 4.31. The highest BCUT2D eigenvalue weighted by molar-refractivity contribution is 7.09. The third-order valence-corrected chi connectivity index (χ3v) is 3.41. The molecule has 1 aromatic heterocycles. The van der Waals surface area contributed by atoms with E-state index in [0.717, 1.165) is 18.7 Å². The smallest absolute Gasteiger partial charge is 0.238 e. The first-order chi connectivity index (χ1) is 8.84. The molecular formula is C14H16N2OS. The van der Waals surface area contributed by atoms with E-state index in [1.165, 1.54) is 4.88 Å². The van der Waals surface area contributed by atoms with Crippen molar-refractivity contribution in [1.29, 1.82) is 0 Å². The molecule has 3 nitrogen and oxygen atoms in total. The number of amides is 1. The molecule has 1 heterocycles. The van der Waals surface area contributed by atoms with Crippen LogP contribution in [0.15, 0.2) is 47.8 Å². The second-order valence-corrected chi connectivity index (χ2v) is 4.95. The van der Waals surface area contributed by atoms with Crippen LogP contribution in [0.3, 0.4) is 0 Å². The summed E-state index contributed by atoms with van der Waals surface area (Å²) in [5.74, 6) is -0.00706. The number of rotatable bonds is 6. The minimum atomic E-state index is -0.00706. The molecule has 0 saturated carbocycles. The van der Waals surface area contributed by atoms with Crippen molar-refractivity contribution in [3.05, 3.63) is 52.7 Å². The Balaban J connectivity index is 1.63. The van der Waals surface area contributed by atoms with E-state index in [-0.39, 0.29) is 5.91 Å². The fourth-order valence-corrected chi connectivity index (χ4v) is 2.30. The fourth-order valence-electron chi connectivity index (χ4n) is 1.60. The molecule has 94 valence electrons. The van der Waals surface area contributed by atoms with Crippen LogP contribution in [-0.2, 0) is 11.2 Å². The van der Waals surface area contributed by atoms with Gasteiger partial charge >= 0.3 is 0 Å². The van der Waals surface area contributed by atoms with Crippen LogP contribution in [0.2, 0.25) is 0 Å². The Morgan fingerprint density at radius 1 is 1.11 bits per heavy atom. The Morgan fingerprint density at radius 2 is 1.94 bits per heavy atom. The van der Waals surface area contributed by atoms with Crippen LogP contribution in [0.25, 0.3) is 0 Å². The van der Waals surface area contributed by atoms with E-state index in [4.69, 9.17) is 0 Å². The van der Waals surface area contributed by atoms with Gasteiger partial charge in [-0.25, -0.2) is 0 Å². The van der Waals surface area contributed by atoms with E-state index in [1.807, 2.05) is 36.4 Å². The van der Waals surface area contributed by atoms with Gasteiger partial charge < -0.3 is 10.6 Å². The zero-order chi connectivity index (χ0) is 12.6. The largest absolute Gasteiger partial charge is 0.325 e. The van der Waals surface area contributed by atoms with Gasteiger partial charge in [-0.3, -0.25) is 4.79 Å². The Kier molecular flexibility index (Phi) is 4.93. The van der Waals surface area contributed by atoms with Crippen LogP contribution in [0.4, 0.5) is 5.69 Å². The van der Waals surface area contributed by atoms with Gasteiger partial charge in [0.25, 0.3) is 0 Å². The molecule has 4 heteroatoms. The molecule has 2 rings (SSSR count). The number of hydrogen-bond acceptors (Lipinski definition) is 3. The van der Waals surface area contributed by atoms with Crippen molar-refractivity contribution in [1.82, 2.24) is 5.32 Å². The van der Waals surface area contributed by atoms with Crippen molar-refractivity contribution in [2.75, 3.05) is 18.4 Å². The van der Waals surface area contributed by atoms with Crippen molar-refractivity contribution in [3.63, 3.8) is 0 Å². The van der Waals surface area contributed by atoms with E-state index in [9.17, 15) is 4.79 Å². The molecule has 0 aliphatic rings. The molecule has 0 saturated heterocycles. The number of hydrogen-bond donors (Lipinski definition) is 2. The Labute approximate surface area is 111 Å². The van der Waals surface area contributed by atoms with E-state index in [1.54, 1.807) is 11.3 Å². The first kappa shape index (κ1) is 12.8. The number of nitrogens with one attached hydrogen (secondary N) is 2. The predicted octanol–water partition coefficient (Wildman–Crippen LogP) is 2.52. The van der Waals surface area contributed by atoms with E-state index in [2.05, 4.69) is 22.1 Å². The molecule has 0 aliphatic heterocycles. The monoisotopic (exact) mass is 260 g/mol. The summed E-state index contributed by atoms with van der Waals surface area (Å²) in [5, 5.41) is 8.04. The molecule has 2 N–H and O–H groups in total. The molecule has 1 aromatic carbocycles. The maximum atomic E-state index is 11.6. The molecule has 1 amide bonds. The highest BCUT2D eigenvalue weighted by Gasteiger charge is 2.01. The standard InChI is InChI=1S/C14H16N2OS/c17-14(16-12-5-2-1-3-6-12)11-15-9-8-13-7-4-10-18-13/h1-7,10,15H,8-9,11H2,(H,16,17). The number of benzene rings is 1. The summed E-state index contributed by atoms with van der Waals surface area (Å²) < 4.78 is 0. The summed E-state index contributed by atoms with van der Waals surface area (Å²) in [5.41, 5.74) is 0.836. The number of carbonyl (C=O) groups is 1. The maximum absolute atomic E-state index is 11.6. The van der Waals surface area contributed by atoms with E-state index in [0.29, 0.717) is 6.54 Å². The highest BCUT2D eigenvalue weighted by atomic mass is 32.1. The minimum absolute atomic E-state index is 0.00706. The minimum Gasteiger partial charge on any atom is -0.325 e. The topological polar surface area (TPSA) is 41.1 Å². The first-order valence-corrected chi connectivity index (χ1v) is 6.80. The van der Waals surface area contributed by atoms with Crippen LogP contribution < -0.4 is 10.6 Å². The van der Waals surface area contributed by atoms with Crippen molar-refractivity contribution in [3.8, 4) is 0 Å². The summed E-state index contributed by atoms with van der Waals surface area (Å²) in [6, 6.07) is 13.6. The van der Waals surface area contributed by atoms with Crippen molar-refractivity contribution in [2.24, 2.45) is 0 Å². The summed E-state index contributed by atoms with van der Waals surface area (Å²) in [6.07, 6.45) is 0.969. The number of para-hydroxylation sites is 1. The average Bonchev–Trinajstić information content (AvgIpc) is 2.89. The van der Waals surface area contributed by atoms with Gasteiger partial charge in [0.1, 0.15) is 0 Å². The number of thiophene rings is 1. The Morgan fingerprint density at radius 3 is 2.67 bits per heavy atom. The molecule has 0 spiro atoms. The zero-order valence-corrected chi connectivity index (χ0v) is 10.9. The summed E-state index contributed by atoms with van der Waals surface area (Å²) in [6.45, 7) is 1.17. The molecule has 2 aromatic rings. The normalized spacial score (nSPS) is 10.2. The Bertz CT molecular complexity index is 468. The van der Waals surface area contributed by atoms with Gasteiger partial charge in [-0.15, -0.1) is 11.3 Å². The average molecular weight is 260 g/mol. The van der Waals surface area contributed by atoms with Gasteiger partial charge in [0.2, 0.25) is 5.91 Å². The lowest BCUT2D eigenvalue weighted by atomic mass is 10.3. The van der Waals surface area contributed by atoms with Crippen LogP contribution in [0.1, 0.15) is 4.88 Å². The summed E-state index contributed by atoms with van der Waals surface area (Å²) in [7, 11) is 0. The van der Waals surface area contributed by atoms with Gasteiger partial charge in [-0.05, 0) is 30.0 Å². The number of carbonyl (C=O) groups excluding carboxylic acids is 1. The SMILES string of the molecule is O=C(CNCCc1cccs1)Nc1ccccc1. The van der Waals surface area contributed by atoms with Crippen molar-refractivity contribution < 1.29 is 4.79 Å². The van der Waals surface area contributed by atoms with Crippen LogP contribution in [0.5, 0.6) is 0 Å². The highest BCUT2D eigenvalue weighted by Crippen LogP contribution is 2.08. The lowest BCUT2D eigenvalue weighted by Crippen LogP contribution is -2.29. The third-order valence-electron chi connectivity index (χ3n) is 2.47. The van der Waals surface area contributed by atoms with Gasteiger partial charge in [0.05, 0.1) is 6.54 Å². The van der Waals surface area contributed by atoms with Crippen LogP contribution in [-0.4, -0.2) is 19.0 Å². The van der Waals surface area contributed by atoms with Crippen molar-refractivity contribution >= 4 is 22.9 Å². The molecule has 0 radical (unpaired) electrons. The molecule has 18 heavy (non-hydrogen) atoms. The summed E-state index contributed by atoms with van der Waals surface area (Å²) >= 11 is 1.74. The lowest BCUT2D eigenvalue weighted by molar-refractivity contribution is -0.115. The maximum Gasteiger partial charge on any atom is 0.238 e. The predicted molar refractivity (Wildman–Crippen MR) is 76.0 cm³/mol. The van der Waals surface area contributed by atoms with E-state index >= 15 is 0 Å². The second kappa shape index (κ2) is 6.93. The van der Waals surface area contributed by atoms with Crippen LogP contribution in [0, 0.1) is 0 Å². The number of anilines is 1. The van der Waals surface area contributed by atoms with E-state index < -0.39 is 0 Å². The summed E-state index contributed by atoms with van der Waals surface area (Å²) in [4.78, 5) is 12.9. The molecule has 0 fully saturated rings. The molecule has 0 atom stereocenters. The quantitative estimate of drug-likeness (QED) is 0.784. The Hall–Kier alpha value is -1.65. The zero-order valence-electron chi connectivity index (χ0n) is 10.1. The molecule has 0 aliphatic carbocycles. The fraction of sp³-hybridized carbons (Fsp3) is 0.214. The van der Waals surface area contributed by atoms with Gasteiger partial charge in [-0.2, -0.15) is 0 Å².